The summed E-state index contributed by atoms with van der Waals surface area (Å²) in [5.41, 5.74) is 9.44. The maximum Gasteiger partial charge on any atom is 0.311 e. The van der Waals surface area contributed by atoms with E-state index in [1.807, 2.05) is 0 Å². The topological polar surface area (TPSA) is 129 Å². The van der Waals surface area contributed by atoms with Gasteiger partial charge < -0.3 is 15.2 Å². The molecule has 0 unspecified atom stereocenters. The van der Waals surface area contributed by atoms with E-state index in [0.717, 1.165) is 5.56 Å². The molecule has 26 heavy (non-hydrogen) atoms. The van der Waals surface area contributed by atoms with E-state index in [-0.39, 0.29) is 23.8 Å². The molecule has 0 bridgehead atoms. The largest absolute Gasteiger partial charge is 0.496 e. The van der Waals surface area contributed by atoms with Gasteiger partial charge in [-0.05, 0) is 17.7 Å². The number of benzene rings is 2. The number of nitrogens with one attached hydrogen (secondary N) is 1. The summed E-state index contributed by atoms with van der Waals surface area (Å²) in [6.45, 7) is 0. The molecular formula is C17H18N4O5. The number of ether oxygens (including phenoxy) is 2. The van der Waals surface area contributed by atoms with Crippen LogP contribution in [-0.4, -0.2) is 31.3 Å². The zero-order valence-corrected chi connectivity index (χ0v) is 14.3. The first-order chi connectivity index (χ1) is 12.4. The molecule has 9 nitrogen and oxygen atoms in total. The Morgan fingerprint density at radius 2 is 1.88 bits per heavy atom. The third-order valence-electron chi connectivity index (χ3n) is 3.47. The number of carbonyl (C=O) groups excluding carboxylic acids is 1. The van der Waals surface area contributed by atoms with E-state index in [2.05, 4.69) is 10.5 Å². The lowest BCUT2D eigenvalue weighted by molar-refractivity contribution is -0.385. The molecule has 0 aliphatic heterocycles. The van der Waals surface area contributed by atoms with Crippen LogP contribution < -0.4 is 20.6 Å². The zero-order valence-electron chi connectivity index (χ0n) is 14.3. The summed E-state index contributed by atoms with van der Waals surface area (Å²) in [7, 11) is 2.74. The molecule has 0 fully saturated rings. The molecule has 0 saturated heterocycles. The van der Waals surface area contributed by atoms with Gasteiger partial charge in [-0.2, -0.15) is 5.10 Å². The summed E-state index contributed by atoms with van der Waals surface area (Å²) in [4.78, 5) is 22.4. The Kier molecular flexibility index (Phi) is 6.10. The van der Waals surface area contributed by atoms with Crippen molar-refractivity contribution in [2.24, 2.45) is 5.10 Å². The number of methoxy groups -OCH3 is 2. The predicted molar refractivity (Wildman–Crippen MR) is 96.5 cm³/mol. The maximum atomic E-state index is 11.9. The average Bonchev–Trinajstić information content (AvgIpc) is 2.63. The van der Waals surface area contributed by atoms with Crippen molar-refractivity contribution >= 4 is 23.5 Å². The third-order valence-corrected chi connectivity index (χ3v) is 3.47. The highest BCUT2D eigenvalue weighted by molar-refractivity contribution is 5.87. The van der Waals surface area contributed by atoms with E-state index in [0.29, 0.717) is 17.0 Å². The summed E-state index contributed by atoms with van der Waals surface area (Å²) < 4.78 is 10.1. The molecule has 0 spiro atoms. The van der Waals surface area contributed by atoms with Crippen molar-refractivity contribution < 1.29 is 19.2 Å². The minimum Gasteiger partial charge on any atom is -0.496 e. The van der Waals surface area contributed by atoms with E-state index >= 15 is 0 Å². The second-order valence-electron chi connectivity index (χ2n) is 5.23. The highest BCUT2D eigenvalue weighted by Gasteiger charge is 2.18. The minimum atomic E-state index is -0.574. The first-order valence-corrected chi connectivity index (χ1v) is 7.51. The van der Waals surface area contributed by atoms with Crippen molar-refractivity contribution in [3.05, 3.63) is 57.6 Å². The van der Waals surface area contributed by atoms with E-state index in [1.54, 1.807) is 24.3 Å². The number of hydrogen-bond acceptors (Lipinski definition) is 7. The quantitative estimate of drug-likeness (QED) is 0.336. The number of hydrazone groups is 1. The van der Waals surface area contributed by atoms with Gasteiger partial charge in [-0.15, -0.1) is 0 Å². The summed E-state index contributed by atoms with van der Waals surface area (Å²) in [5, 5.41) is 14.9. The summed E-state index contributed by atoms with van der Waals surface area (Å²) >= 11 is 0. The average molecular weight is 358 g/mol. The standard InChI is InChI=1S/C17H18N4O5/c1-25-15-9-16(26-2)14(21(23)24)8-12(15)10-19-20-17(22)7-11-3-5-13(18)6-4-11/h3-6,8-10H,7,18H2,1-2H3,(H,20,22)/b19-10-. The van der Waals surface area contributed by atoms with Gasteiger partial charge in [-0.1, -0.05) is 12.1 Å². The van der Waals surface area contributed by atoms with Crippen molar-refractivity contribution in [1.29, 1.82) is 0 Å². The highest BCUT2D eigenvalue weighted by atomic mass is 16.6. The Morgan fingerprint density at radius 1 is 1.23 bits per heavy atom. The van der Waals surface area contributed by atoms with E-state index in [1.165, 1.54) is 32.6 Å². The van der Waals surface area contributed by atoms with Crippen LogP contribution in [0.1, 0.15) is 11.1 Å². The summed E-state index contributed by atoms with van der Waals surface area (Å²) in [6, 6.07) is 9.53. The molecule has 0 atom stereocenters. The number of nitrogens with zero attached hydrogens (tertiary/aromatic N) is 2. The van der Waals surface area contributed by atoms with E-state index in [9.17, 15) is 14.9 Å². The van der Waals surface area contributed by atoms with Gasteiger partial charge in [0.15, 0.2) is 0 Å². The Hall–Kier alpha value is -3.62. The minimum absolute atomic E-state index is 0.0661. The van der Waals surface area contributed by atoms with Gasteiger partial charge in [-0.25, -0.2) is 5.43 Å². The Labute approximate surface area is 149 Å². The number of amides is 1. The Balaban J connectivity index is 2.11. The molecule has 2 aromatic carbocycles. The maximum absolute atomic E-state index is 11.9. The van der Waals surface area contributed by atoms with Crippen LogP contribution in [0, 0.1) is 10.1 Å². The number of hydrogen-bond donors (Lipinski definition) is 2. The zero-order chi connectivity index (χ0) is 19.1. The van der Waals surface area contributed by atoms with Crippen LogP contribution in [0.5, 0.6) is 11.5 Å². The van der Waals surface area contributed by atoms with Crippen molar-refractivity contribution in [1.82, 2.24) is 5.43 Å². The van der Waals surface area contributed by atoms with Crippen LogP contribution in [0.4, 0.5) is 11.4 Å². The molecule has 3 N–H and O–H groups in total. The van der Waals surface area contributed by atoms with Gasteiger partial charge in [0.05, 0.1) is 31.8 Å². The number of anilines is 1. The SMILES string of the molecule is COc1cc(OC)c([N+](=O)[O-])cc1/C=N\NC(=O)Cc1ccc(N)cc1. The van der Waals surface area contributed by atoms with Gasteiger partial charge in [-0.3, -0.25) is 14.9 Å². The monoisotopic (exact) mass is 358 g/mol. The van der Waals surface area contributed by atoms with Crippen molar-refractivity contribution in [2.75, 3.05) is 20.0 Å². The first-order valence-electron chi connectivity index (χ1n) is 7.51. The molecule has 0 radical (unpaired) electrons. The Morgan fingerprint density at radius 3 is 2.46 bits per heavy atom. The lowest BCUT2D eigenvalue weighted by Gasteiger charge is -2.08. The molecule has 0 aliphatic rings. The molecule has 0 saturated carbocycles. The van der Waals surface area contributed by atoms with Crippen molar-refractivity contribution in [3.8, 4) is 11.5 Å². The number of carbonyl (C=O) groups is 1. The Bertz CT molecular complexity index is 834. The lowest BCUT2D eigenvalue weighted by Crippen LogP contribution is -2.19. The van der Waals surface area contributed by atoms with Crippen LogP contribution in [0.2, 0.25) is 0 Å². The molecular weight excluding hydrogens is 340 g/mol. The van der Waals surface area contributed by atoms with Crippen LogP contribution >= 0.6 is 0 Å². The molecule has 2 rings (SSSR count). The summed E-state index contributed by atoms with van der Waals surface area (Å²) in [6.07, 6.45) is 1.39. The summed E-state index contributed by atoms with van der Waals surface area (Å²) in [5.74, 6) is 0.0494. The number of nitro benzene ring substituents is 1. The van der Waals surface area contributed by atoms with Gasteiger partial charge in [0.1, 0.15) is 5.75 Å². The second kappa shape index (κ2) is 8.47. The first kappa shape index (κ1) is 18.7. The lowest BCUT2D eigenvalue weighted by atomic mass is 10.1. The van der Waals surface area contributed by atoms with Crippen molar-refractivity contribution in [2.45, 2.75) is 6.42 Å². The third kappa shape index (κ3) is 4.69. The number of nitro groups is 1. The molecule has 2 aromatic rings. The number of rotatable bonds is 7. The van der Waals surface area contributed by atoms with Gasteiger partial charge in [0.25, 0.3) is 0 Å². The smallest absolute Gasteiger partial charge is 0.311 e. The van der Waals surface area contributed by atoms with Crippen LogP contribution in [0.25, 0.3) is 0 Å². The van der Waals surface area contributed by atoms with Crippen LogP contribution in [0.15, 0.2) is 41.5 Å². The fourth-order valence-electron chi connectivity index (χ4n) is 2.18. The second-order valence-corrected chi connectivity index (χ2v) is 5.23. The van der Waals surface area contributed by atoms with Crippen LogP contribution in [-0.2, 0) is 11.2 Å². The predicted octanol–water partition coefficient (Wildman–Crippen LogP) is 1.89. The highest BCUT2D eigenvalue weighted by Crippen LogP contribution is 2.33. The fourth-order valence-corrected chi connectivity index (χ4v) is 2.18. The van der Waals surface area contributed by atoms with Gasteiger partial charge in [0.2, 0.25) is 11.7 Å². The normalized spacial score (nSPS) is 10.5. The molecule has 9 heteroatoms. The van der Waals surface area contributed by atoms with E-state index in [4.69, 9.17) is 15.2 Å². The fraction of sp³-hybridized carbons (Fsp3) is 0.176. The molecule has 1 amide bonds. The van der Waals surface area contributed by atoms with Crippen molar-refractivity contribution in [3.63, 3.8) is 0 Å². The number of nitrogen functional groups attached to an aromatic ring is 1. The molecule has 136 valence electrons. The number of nitrogens with two attached hydrogens (primary N) is 1. The molecule has 0 aliphatic carbocycles. The molecule has 0 heterocycles. The van der Waals surface area contributed by atoms with Crippen LogP contribution in [0.3, 0.4) is 0 Å². The van der Waals surface area contributed by atoms with E-state index < -0.39 is 4.92 Å². The molecule has 0 aromatic heterocycles. The van der Waals surface area contributed by atoms with Gasteiger partial charge in [0, 0.05) is 23.4 Å². The van der Waals surface area contributed by atoms with Gasteiger partial charge >= 0.3 is 5.69 Å².